The Labute approximate surface area is 135 Å². The fraction of sp³-hybridized carbons (Fsp3) is 0.222. The van der Waals surface area contributed by atoms with Gasteiger partial charge in [0.05, 0.1) is 20.6 Å². The number of esters is 1. The summed E-state index contributed by atoms with van der Waals surface area (Å²) in [5, 5.41) is 2.71. The molecule has 0 radical (unpaired) electrons. The first-order valence-corrected chi connectivity index (χ1v) is 7.19. The second-order valence-corrected chi connectivity index (χ2v) is 4.92. The van der Waals surface area contributed by atoms with E-state index in [1.54, 1.807) is 37.4 Å². The molecule has 0 saturated heterocycles. The van der Waals surface area contributed by atoms with Gasteiger partial charge in [0.25, 0.3) is 0 Å². The number of methoxy groups -OCH3 is 2. The van der Waals surface area contributed by atoms with Gasteiger partial charge in [0.1, 0.15) is 5.75 Å². The lowest BCUT2D eigenvalue weighted by Crippen LogP contribution is -2.35. The van der Waals surface area contributed by atoms with Crippen LogP contribution in [0.5, 0.6) is 5.75 Å². The minimum absolute atomic E-state index is 0.115. The first-order chi connectivity index (χ1) is 11.2. The molecule has 120 valence electrons. The van der Waals surface area contributed by atoms with Crippen LogP contribution in [0.1, 0.15) is 17.2 Å². The number of benzene rings is 2. The molecule has 2 aromatic rings. The highest BCUT2D eigenvalue weighted by molar-refractivity contribution is 5.86. The van der Waals surface area contributed by atoms with Crippen LogP contribution in [0.2, 0.25) is 0 Å². The first-order valence-electron chi connectivity index (χ1n) is 7.19. The van der Waals surface area contributed by atoms with Crippen LogP contribution in [0, 0.1) is 0 Å². The number of nitrogens with one attached hydrogen (secondary N) is 1. The van der Waals surface area contributed by atoms with Crippen molar-refractivity contribution in [1.82, 2.24) is 5.32 Å². The summed E-state index contributed by atoms with van der Waals surface area (Å²) in [6.45, 7) is 0. The molecule has 0 heterocycles. The van der Waals surface area contributed by atoms with Crippen molar-refractivity contribution in [3.63, 3.8) is 0 Å². The van der Waals surface area contributed by atoms with Gasteiger partial charge in [0.2, 0.25) is 5.91 Å². The summed E-state index contributed by atoms with van der Waals surface area (Å²) in [6.07, 6.45) is 0.115. The highest BCUT2D eigenvalue weighted by Gasteiger charge is 2.23. The second-order valence-electron chi connectivity index (χ2n) is 4.92. The van der Waals surface area contributed by atoms with Crippen molar-refractivity contribution in [3.05, 3.63) is 65.7 Å². The van der Waals surface area contributed by atoms with E-state index >= 15 is 0 Å². The van der Waals surface area contributed by atoms with Gasteiger partial charge in [-0.1, -0.05) is 48.5 Å². The predicted octanol–water partition coefficient (Wildman–Crippen LogP) is 2.27. The van der Waals surface area contributed by atoms with Gasteiger partial charge in [-0.3, -0.25) is 4.79 Å². The zero-order chi connectivity index (χ0) is 16.7. The smallest absolute Gasteiger partial charge is 0.333 e. The van der Waals surface area contributed by atoms with Crippen LogP contribution in [0.3, 0.4) is 0 Å². The quantitative estimate of drug-likeness (QED) is 0.831. The van der Waals surface area contributed by atoms with Crippen molar-refractivity contribution in [2.45, 2.75) is 12.5 Å². The molecule has 0 unspecified atom stereocenters. The van der Waals surface area contributed by atoms with Crippen LogP contribution in [0.4, 0.5) is 0 Å². The fourth-order valence-corrected chi connectivity index (χ4v) is 2.28. The average Bonchev–Trinajstić information content (AvgIpc) is 2.60. The van der Waals surface area contributed by atoms with E-state index in [1.165, 1.54) is 7.11 Å². The number of carbonyl (C=O) groups excluding carboxylic acids is 2. The summed E-state index contributed by atoms with van der Waals surface area (Å²) in [5.41, 5.74) is 1.43. The predicted molar refractivity (Wildman–Crippen MR) is 86.0 cm³/mol. The zero-order valence-corrected chi connectivity index (χ0v) is 13.1. The second kappa shape index (κ2) is 7.98. The Bertz CT molecular complexity index is 670. The number of carbonyl (C=O) groups is 2. The third kappa shape index (κ3) is 4.32. The van der Waals surface area contributed by atoms with Gasteiger partial charge in [-0.15, -0.1) is 0 Å². The van der Waals surface area contributed by atoms with Crippen LogP contribution in [-0.2, 0) is 20.7 Å². The number of hydrogen-bond donors (Lipinski definition) is 1. The average molecular weight is 313 g/mol. The zero-order valence-electron chi connectivity index (χ0n) is 13.1. The highest BCUT2D eigenvalue weighted by Crippen LogP contribution is 2.19. The van der Waals surface area contributed by atoms with E-state index in [0.29, 0.717) is 11.3 Å². The van der Waals surface area contributed by atoms with Gasteiger partial charge >= 0.3 is 5.97 Å². The Morgan fingerprint density at radius 2 is 1.65 bits per heavy atom. The maximum absolute atomic E-state index is 12.3. The van der Waals surface area contributed by atoms with Gasteiger partial charge in [0, 0.05) is 5.56 Å². The standard InChI is InChI=1S/C18H19NO4/c1-22-15-11-7-6-10-14(15)12-16(20)19-17(18(21)23-2)13-8-4-3-5-9-13/h3-11,17H,12H2,1-2H3,(H,19,20)/t17-/m1/s1. The first kappa shape index (κ1) is 16.5. The number of hydrogen-bond acceptors (Lipinski definition) is 4. The molecule has 1 N–H and O–H groups in total. The minimum atomic E-state index is -0.830. The number of rotatable bonds is 6. The summed E-state index contributed by atoms with van der Waals surface area (Å²) >= 11 is 0. The highest BCUT2D eigenvalue weighted by atomic mass is 16.5. The van der Waals surface area contributed by atoms with Gasteiger partial charge in [0.15, 0.2) is 6.04 Å². The van der Waals surface area contributed by atoms with Crippen molar-refractivity contribution in [1.29, 1.82) is 0 Å². The van der Waals surface area contributed by atoms with Crippen LogP contribution >= 0.6 is 0 Å². The molecule has 0 bridgehead atoms. The summed E-state index contributed by atoms with van der Waals surface area (Å²) in [4.78, 5) is 24.3. The van der Waals surface area contributed by atoms with E-state index < -0.39 is 12.0 Å². The molecule has 0 aliphatic carbocycles. The molecule has 2 aromatic carbocycles. The van der Waals surface area contributed by atoms with Crippen LogP contribution in [0.25, 0.3) is 0 Å². The molecule has 0 fully saturated rings. The van der Waals surface area contributed by atoms with Crippen molar-refractivity contribution in [2.75, 3.05) is 14.2 Å². The molecule has 1 amide bonds. The number of para-hydroxylation sites is 1. The third-order valence-electron chi connectivity index (χ3n) is 3.42. The van der Waals surface area contributed by atoms with Crippen LogP contribution in [0.15, 0.2) is 54.6 Å². The van der Waals surface area contributed by atoms with E-state index in [1.807, 2.05) is 24.3 Å². The molecule has 0 aromatic heterocycles. The maximum Gasteiger partial charge on any atom is 0.333 e. The molecule has 2 rings (SSSR count). The van der Waals surface area contributed by atoms with Gasteiger partial charge in [-0.05, 0) is 11.6 Å². The topological polar surface area (TPSA) is 64.6 Å². The van der Waals surface area contributed by atoms with E-state index in [4.69, 9.17) is 9.47 Å². The monoisotopic (exact) mass is 313 g/mol. The molecule has 23 heavy (non-hydrogen) atoms. The number of amides is 1. The molecule has 1 atom stereocenters. The summed E-state index contributed by atoms with van der Waals surface area (Å²) in [7, 11) is 2.85. The van der Waals surface area contributed by atoms with Crippen molar-refractivity contribution in [3.8, 4) is 5.75 Å². The molecule has 5 heteroatoms. The Morgan fingerprint density at radius 3 is 2.30 bits per heavy atom. The summed E-state index contributed by atoms with van der Waals surface area (Å²) in [6, 6.07) is 15.4. The molecule has 5 nitrogen and oxygen atoms in total. The van der Waals surface area contributed by atoms with Crippen LogP contribution in [-0.4, -0.2) is 26.1 Å². The maximum atomic E-state index is 12.3. The van der Waals surface area contributed by atoms with Gasteiger partial charge in [-0.2, -0.15) is 0 Å². The van der Waals surface area contributed by atoms with E-state index in [-0.39, 0.29) is 12.3 Å². The van der Waals surface area contributed by atoms with Crippen molar-refractivity contribution < 1.29 is 19.1 Å². The Hall–Kier alpha value is -2.82. The lowest BCUT2D eigenvalue weighted by Gasteiger charge is -2.17. The Balaban J connectivity index is 2.13. The molecule has 0 aliphatic heterocycles. The molecule has 0 aliphatic rings. The molecule has 0 spiro atoms. The Morgan fingerprint density at radius 1 is 1.00 bits per heavy atom. The van der Waals surface area contributed by atoms with Gasteiger partial charge in [-0.25, -0.2) is 4.79 Å². The largest absolute Gasteiger partial charge is 0.496 e. The fourth-order valence-electron chi connectivity index (χ4n) is 2.28. The van der Waals surface area contributed by atoms with Crippen LogP contribution < -0.4 is 10.1 Å². The summed E-state index contributed by atoms with van der Waals surface area (Å²) < 4.78 is 10.0. The minimum Gasteiger partial charge on any atom is -0.496 e. The molecular weight excluding hydrogens is 294 g/mol. The van der Waals surface area contributed by atoms with E-state index in [2.05, 4.69) is 5.32 Å². The molecular formula is C18H19NO4. The lowest BCUT2D eigenvalue weighted by atomic mass is 10.1. The lowest BCUT2D eigenvalue weighted by molar-refractivity contribution is -0.145. The third-order valence-corrected chi connectivity index (χ3v) is 3.42. The van der Waals surface area contributed by atoms with Gasteiger partial charge < -0.3 is 14.8 Å². The normalized spacial score (nSPS) is 11.4. The summed E-state index contributed by atoms with van der Waals surface area (Å²) in [5.74, 6) is -0.157. The Kier molecular flexibility index (Phi) is 5.74. The molecule has 0 saturated carbocycles. The van der Waals surface area contributed by atoms with Crippen molar-refractivity contribution >= 4 is 11.9 Å². The van der Waals surface area contributed by atoms with Crippen molar-refractivity contribution in [2.24, 2.45) is 0 Å². The number of ether oxygens (including phenoxy) is 2. The van der Waals surface area contributed by atoms with E-state index in [0.717, 1.165) is 5.56 Å². The van der Waals surface area contributed by atoms with E-state index in [9.17, 15) is 9.59 Å². The SMILES string of the molecule is COC(=O)[C@H](NC(=O)Cc1ccccc1OC)c1ccccc1.